The molecule has 3 heterocycles. The molecule has 4 N–H and O–H groups in total. The van der Waals surface area contributed by atoms with Gasteiger partial charge in [-0.2, -0.15) is 0 Å². The van der Waals surface area contributed by atoms with E-state index < -0.39 is 36.4 Å². The predicted molar refractivity (Wildman–Crippen MR) is 202 cm³/mol. The highest BCUT2D eigenvalue weighted by molar-refractivity contribution is 6.01. The summed E-state index contributed by atoms with van der Waals surface area (Å²) in [5.74, 6) is -1.35. The molecule has 15 nitrogen and oxygen atoms in total. The molecular weight excluding hydrogens is 694 g/mol. The van der Waals surface area contributed by atoms with E-state index in [0.29, 0.717) is 50.3 Å². The van der Waals surface area contributed by atoms with Crippen molar-refractivity contribution in [2.75, 3.05) is 37.9 Å². The minimum absolute atomic E-state index is 0.199. The van der Waals surface area contributed by atoms with E-state index in [1.165, 1.54) is 24.0 Å². The summed E-state index contributed by atoms with van der Waals surface area (Å²) in [6, 6.07) is 12.0. The predicted octanol–water partition coefficient (Wildman–Crippen LogP) is 4.52. The second-order valence-corrected chi connectivity index (χ2v) is 14.3. The summed E-state index contributed by atoms with van der Waals surface area (Å²) in [5, 5.41) is 12.8. The van der Waals surface area contributed by atoms with Crippen molar-refractivity contribution in [3.05, 3.63) is 54.7 Å². The van der Waals surface area contributed by atoms with E-state index in [-0.39, 0.29) is 35.5 Å². The van der Waals surface area contributed by atoms with Crippen LogP contribution >= 0.6 is 0 Å². The van der Waals surface area contributed by atoms with Crippen LogP contribution in [-0.4, -0.2) is 102 Å². The quantitative estimate of drug-likeness (QED) is 0.219. The summed E-state index contributed by atoms with van der Waals surface area (Å²) in [7, 11) is 2.47. The summed E-state index contributed by atoms with van der Waals surface area (Å²) < 4.78 is 9.37. The first-order chi connectivity index (χ1) is 25.8. The third-order valence-electron chi connectivity index (χ3n) is 9.92. The highest BCUT2D eigenvalue weighted by Gasteiger charge is 2.40. The minimum atomic E-state index is -0.822. The highest BCUT2D eigenvalue weighted by atomic mass is 16.5. The number of fused-ring (bicyclic) bond motifs is 1. The Kier molecular flexibility index (Phi) is 12.7. The number of carbonyl (C=O) groups is 6. The molecule has 2 aliphatic heterocycles. The van der Waals surface area contributed by atoms with E-state index >= 15 is 0 Å². The van der Waals surface area contributed by atoms with Crippen LogP contribution in [0.1, 0.15) is 53.4 Å². The van der Waals surface area contributed by atoms with Crippen molar-refractivity contribution in [3.8, 4) is 11.1 Å². The van der Waals surface area contributed by atoms with Crippen molar-refractivity contribution in [1.29, 1.82) is 0 Å². The van der Waals surface area contributed by atoms with Gasteiger partial charge in [-0.25, -0.2) is 14.6 Å². The molecule has 0 unspecified atom stereocenters. The Bertz CT molecular complexity index is 1880. The lowest BCUT2D eigenvalue weighted by Crippen LogP contribution is -2.54. The van der Waals surface area contributed by atoms with Crippen LogP contribution in [0.5, 0.6) is 0 Å². The van der Waals surface area contributed by atoms with Crippen LogP contribution in [0.15, 0.2) is 54.7 Å². The van der Waals surface area contributed by atoms with Crippen molar-refractivity contribution < 1.29 is 38.2 Å². The molecule has 0 saturated carbocycles. The van der Waals surface area contributed by atoms with Crippen molar-refractivity contribution in [1.82, 2.24) is 25.4 Å². The van der Waals surface area contributed by atoms with Gasteiger partial charge >= 0.3 is 12.2 Å². The van der Waals surface area contributed by atoms with Gasteiger partial charge in [0, 0.05) is 30.5 Å². The zero-order chi connectivity index (χ0) is 39.1. The molecule has 1 aromatic heterocycles. The molecule has 0 spiro atoms. The van der Waals surface area contributed by atoms with Gasteiger partial charge in [0.05, 0.1) is 14.2 Å². The molecule has 0 aliphatic carbocycles. The summed E-state index contributed by atoms with van der Waals surface area (Å²) in [6.07, 6.45) is 2.60. The standard InChI is InChI=1S/C39H49N7O8/c1-22(2)32(43-38(51)53-5)36(49)45-17-7-9-29(45)34(47)41-28-15-13-24-19-25(11-12-26(24)20-28)27-14-16-31(40-21-27)42-35(48)30-10-8-18-46(30)37(50)33(23(3)4)44-39(52)54-6/h11-16,19-23,29-30,32-33H,7-10,17-18H2,1-6H3,(H,41,47)(H,43,51)(H,44,52)(H,40,42,48)/t29-,30-,32-,33-/m0/s1. The number of methoxy groups -OCH3 is 2. The maximum absolute atomic E-state index is 13.4. The lowest BCUT2D eigenvalue weighted by Gasteiger charge is -2.30. The Labute approximate surface area is 314 Å². The minimum Gasteiger partial charge on any atom is -0.453 e. The Morgan fingerprint density at radius 1 is 0.667 bits per heavy atom. The second-order valence-electron chi connectivity index (χ2n) is 14.3. The van der Waals surface area contributed by atoms with E-state index in [9.17, 15) is 28.8 Å². The van der Waals surface area contributed by atoms with Crippen molar-refractivity contribution >= 4 is 58.1 Å². The number of amides is 6. The average molecular weight is 744 g/mol. The Hall–Kier alpha value is -5.73. The Morgan fingerprint density at radius 2 is 1.17 bits per heavy atom. The van der Waals surface area contributed by atoms with Gasteiger partial charge in [0.2, 0.25) is 23.6 Å². The number of alkyl carbamates (subject to hydrolysis) is 2. The number of ether oxygens (including phenoxy) is 2. The normalized spacial score (nSPS) is 17.9. The molecule has 4 atom stereocenters. The van der Waals surface area contributed by atoms with Gasteiger partial charge in [-0.15, -0.1) is 0 Å². The zero-order valence-corrected chi connectivity index (χ0v) is 31.5. The summed E-state index contributed by atoms with van der Waals surface area (Å²) in [5.41, 5.74) is 2.32. The van der Waals surface area contributed by atoms with Gasteiger partial charge in [0.15, 0.2) is 0 Å². The average Bonchev–Trinajstić information content (AvgIpc) is 3.86. The molecular formula is C39H49N7O8. The van der Waals surface area contributed by atoms with E-state index in [1.54, 1.807) is 12.3 Å². The third kappa shape index (κ3) is 9.07. The number of hydrogen-bond donors (Lipinski definition) is 4. The first-order valence-electron chi connectivity index (χ1n) is 18.2. The monoisotopic (exact) mass is 743 g/mol. The molecule has 5 rings (SSSR count). The number of nitrogens with one attached hydrogen (secondary N) is 4. The first-order valence-corrected chi connectivity index (χ1v) is 18.2. The van der Waals surface area contributed by atoms with E-state index in [2.05, 4.69) is 35.7 Å². The van der Waals surface area contributed by atoms with Gasteiger partial charge in [-0.3, -0.25) is 19.2 Å². The number of pyridine rings is 1. The van der Waals surface area contributed by atoms with Crippen LogP contribution in [0.2, 0.25) is 0 Å². The van der Waals surface area contributed by atoms with Gasteiger partial charge in [-0.1, -0.05) is 45.9 Å². The van der Waals surface area contributed by atoms with Crippen LogP contribution in [0.25, 0.3) is 21.9 Å². The van der Waals surface area contributed by atoms with Gasteiger partial charge in [0.1, 0.15) is 30.0 Å². The van der Waals surface area contributed by atoms with Crippen molar-refractivity contribution in [3.63, 3.8) is 0 Å². The SMILES string of the molecule is COC(=O)N[C@H](C(=O)N1CCC[C@H]1C(=O)Nc1ccc2cc(-c3ccc(NC(=O)[C@@H]4CCCN4C(=O)[C@@H](NC(=O)OC)C(C)C)nc3)ccc2c1)C(C)C. The molecule has 3 aromatic rings. The second kappa shape index (κ2) is 17.4. The van der Waals surface area contributed by atoms with Crippen LogP contribution < -0.4 is 21.3 Å². The lowest BCUT2D eigenvalue weighted by molar-refractivity contribution is -0.139. The Morgan fingerprint density at radius 3 is 1.67 bits per heavy atom. The molecule has 0 radical (unpaired) electrons. The summed E-state index contributed by atoms with van der Waals surface area (Å²) in [6.45, 7) is 8.10. The van der Waals surface area contributed by atoms with Crippen LogP contribution in [0.4, 0.5) is 21.1 Å². The third-order valence-corrected chi connectivity index (χ3v) is 9.92. The molecule has 54 heavy (non-hydrogen) atoms. The number of rotatable bonds is 11. The maximum Gasteiger partial charge on any atom is 0.407 e. The number of likely N-dealkylation sites (tertiary alicyclic amines) is 2. The molecule has 2 saturated heterocycles. The smallest absolute Gasteiger partial charge is 0.407 e. The first kappa shape index (κ1) is 39.5. The fourth-order valence-electron chi connectivity index (χ4n) is 6.94. The number of hydrogen-bond acceptors (Lipinski definition) is 9. The van der Waals surface area contributed by atoms with Crippen molar-refractivity contribution in [2.24, 2.45) is 11.8 Å². The topological polar surface area (TPSA) is 188 Å². The fraction of sp³-hybridized carbons (Fsp3) is 0.462. The zero-order valence-electron chi connectivity index (χ0n) is 31.5. The van der Waals surface area contributed by atoms with Crippen LogP contribution in [-0.2, 0) is 28.7 Å². The molecule has 6 amide bonds. The number of benzene rings is 2. The summed E-state index contributed by atoms with van der Waals surface area (Å²) in [4.78, 5) is 84.6. The van der Waals surface area contributed by atoms with Gasteiger partial charge in [-0.05, 0) is 84.2 Å². The number of anilines is 2. The largest absolute Gasteiger partial charge is 0.453 e. The van der Waals surface area contributed by atoms with E-state index in [4.69, 9.17) is 0 Å². The number of nitrogens with zero attached hydrogens (tertiary/aromatic N) is 3. The van der Waals surface area contributed by atoms with Crippen molar-refractivity contribution in [2.45, 2.75) is 77.5 Å². The lowest BCUT2D eigenvalue weighted by atomic mass is 10.0. The van der Waals surface area contributed by atoms with E-state index in [1.807, 2.05) is 70.2 Å². The van der Waals surface area contributed by atoms with Crippen LogP contribution in [0.3, 0.4) is 0 Å². The van der Waals surface area contributed by atoms with Gasteiger partial charge in [0.25, 0.3) is 0 Å². The molecule has 0 bridgehead atoms. The fourth-order valence-corrected chi connectivity index (χ4v) is 6.94. The van der Waals surface area contributed by atoms with Crippen LogP contribution in [0, 0.1) is 11.8 Å². The molecule has 288 valence electrons. The van der Waals surface area contributed by atoms with E-state index in [0.717, 1.165) is 21.9 Å². The molecule has 2 aromatic carbocycles. The number of carbonyl (C=O) groups excluding carboxylic acids is 6. The number of aromatic nitrogens is 1. The van der Waals surface area contributed by atoms with Gasteiger partial charge < -0.3 is 40.5 Å². The molecule has 2 fully saturated rings. The maximum atomic E-state index is 13.4. The molecule has 2 aliphatic rings. The molecule has 15 heteroatoms. The Balaban J connectivity index is 1.21. The summed E-state index contributed by atoms with van der Waals surface area (Å²) >= 11 is 0. The highest BCUT2D eigenvalue weighted by Crippen LogP contribution is 2.28.